The summed E-state index contributed by atoms with van der Waals surface area (Å²) in [6, 6.07) is 0. The number of hydrogen-bond donors (Lipinski definition) is 5. The number of aliphatic carboxylic acids is 2. The van der Waals surface area contributed by atoms with Gasteiger partial charge in [-0.25, -0.2) is 0 Å². The van der Waals surface area contributed by atoms with Crippen LogP contribution in [-0.4, -0.2) is 57.2 Å². The molecular weight excluding hydrogens is 244 g/mol. The van der Waals surface area contributed by atoms with E-state index in [0.717, 1.165) is 0 Å². The third kappa shape index (κ3) is 4.47. The Labute approximate surface area is 101 Å². The van der Waals surface area contributed by atoms with Crippen molar-refractivity contribution >= 4 is 29.8 Å². The van der Waals surface area contributed by atoms with E-state index in [1.807, 2.05) is 0 Å². The Bertz CT molecular complexity index is 415. The average molecular weight is 256 g/mol. The van der Waals surface area contributed by atoms with Crippen LogP contribution in [0.3, 0.4) is 0 Å². The molecule has 1 aromatic heterocycles. The van der Waals surface area contributed by atoms with Gasteiger partial charge >= 0.3 is 11.9 Å². The summed E-state index contributed by atoms with van der Waals surface area (Å²) >= 11 is 0. The first-order valence-corrected chi connectivity index (χ1v) is 4.86. The van der Waals surface area contributed by atoms with Crippen LogP contribution in [0.2, 0.25) is 0 Å². The summed E-state index contributed by atoms with van der Waals surface area (Å²) in [7, 11) is 1.57. The van der Waals surface area contributed by atoms with Gasteiger partial charge in [0.25, 0.3) is 0 Å². The Hall–Kier alpha value is -2.65. The van der Waals surface area contributed by atoms with Gasteiger partial charge in [0.15, 0.2) is 0 Å². The minimum absolute atomic E-state index is 0.0321. The van der Waals surface area contributed by atoms with Crippen molar-refractivity contribution in [3.8, 4) is 0 Å². The molecule has 10 nitrogen and oxygen atoms in total. The van der Waals surface area contributed by atoms with E-state index in [2.05, 4.69) is 30.9 Å². The molecule has 1 aromatic rings. The van der Waals surface area contributed by atoms with E-state index in [9.17, 15) is 9.59 Å². The predicted molar refractivity (Wildman–Crippen MR) is 61.6 cm³/mol. The van der Waals surface area contributed by atoms with Gasteiger partial charge in [-0.3, -0.25) is 9.59 Å². The standard InChI is InChI=1S/C8H12N6O4/c1-9-6-12-7(10-2-4(15)16)14-8(13-6)11-3-5(17)18/h2-3H2,1H3,(H,15,16)(H,17,18)(H3,9,10,11,12,13,14). The molecule has 1 rings (SSSR count). The number of nitrogens with one attached hydrogen (secondary N) is 3. The first-order valence-electron chi connectivity index (χ1n) is 4.86. The Morgan fingerprint density at radius 3 is 1.67 bits per heavy atom. The van der Waals surface area contributed by atoms with E-state index >= 15 is 0 Å². The van der Waals surface area contributed by atoms with Gasteiger partial charge in [-0.1, -0.05) is 0 Å². The maximum atomic E-state index is 10.4. The molecule has 0 aliphatic rings. The number of hydrogen-bond acceptors (Lipinski definition) is 8. The molecule has 0 fully saturated rings. The summed E-state index contributed by atoms with van der Waals surface area (Å²) in [6.07, 6.45) is 0. The highest BCUT2D eigenvalue weighted by Gasteiger charge is 2.07. The number of rotatable bonds is 7. The van der Waals surface area contributed by atoms with E-state index in [0.29, 0.717) is 0 Å². The number of aromatic nitrogens is 3. The van der Waals surface area contributed by atoms with Crippen LogP contribution < -0.4 is 16.0 Å². The van der Waals surface area contributed by atoms with Crippen LogP contribution in [-0.2, 0) is 9.59 Å². The second kappa shape index (κ2) is 6.18. The second-order valence-electron chi connectivity index (χ2n) is 3.05. The lowest BCUT2D eigenvalue weighted by molar-refractivity contribution is -0.135. The van der Waals surface area contributed by atoms with Crippen molar-refractivity contribution in [1.29, 1.82) is 0 Å². The van der Waals surface area contributed by atoms with Gasteiger partial charge in [-0.05, 0) is 0 Å². The number of anilines is 3. The van der Waals surface area contributed by atoms with Gasteiger partial charge in [0, 0.05) is 7.05 Å². The van der Waals surface area contributed by atoms with Gasteiger partial charge in [-0.2, -0.15) is 15.0 Å². The van der Waals surface area contributed by atoms with E-state index in [-0.39, 0.29) is 30.9 Å². The van der Waals surface area contributed by atoms with Crippen molar-refractivity contribution < 1.29 is 19.8 Å². The lowest BCUT2D eigenvalue weighted by Crippen LogP contribution is -2.18. The normalized spacial score (nSPS) is 9.61. The van der Waals surface area contributed by atoms with Gasteiger partial charge in [0.1, 0.15) is 13.1 Å². The van der Waals surface area contributed by atoms with Crippen molar-refractivity contribution in [2.45, 2.75) is 0 Å². The molecule has 5 N–H and O–H groups in total. The zero-order valence-electron chi connectivity index (χ0n) is 9.47. The highest BCUT2D eigenvalue weighted by Crippen LogP contribution is 2.08. The summed E-state index contributed by atoms with van der Waals surface area (Å²) in [6.45, 7) is -0.711. The quantitative estimate of drug-likeness (QED) is 0.407. The molecule has 0 atom stereocenters. The van der Waals surface area contributed by atoms with Crippen LogP contribution in [0.1, 0.15) is 0 Å². The SMILES string of the molecule is CNc1nc(NCC(=O)O)nc(NCC(=O)O)n1. The Kier molecular flexibility index (Phi) is 4.60. The molecule has 98 valence electrons. The smallest absolute Gasteiger partial charge is 0.322 e. The van der Waals surface area contributed by atoms with Crippen molar-refractivity contribution in [3.05, 3.63) is 0 Å². The molecule has 18 heavy (non-hydrogen) atoms. The van der Waals surface area contributed by atoms with Crippen LogP contribution >= 0.6 is 0 Å². The fraction of sp³-hybridized carbons (Fsp3) is 0.375. The summed E-state index contributed by atoms with van der Waals surface area (Å²) < 4.78 is 0. The van der Waals surface area contributed by atoms with Crippen molar-refractivity contribution in [1.82, 2.24) is 15.0 Å². The summed E-state index contributed by atoms with van der Waals surface area (Å²) in [5.41, 5.74) is 0. The molecule has 0 saturated heterocycles. The number of carboxylic acids is 2. The summed E-state index contributed by atoms with van der Waals surface area (Å²) in [5.74, 6) is -1.89. The molecule has 0 unspecified atom stereocenters. The van der Waals surface area contributed by atoms with E-state index < -0.39 is 11.9 Å². The largest absolute Gasteiger partial charge is 0.480 e. The lowest BCUT2D eigenvalue weighted by Gasteiger charge is -2.07. The van der Waals surface area contributed by atoms with Crippen molar-refractivity contribution in [2.75, 3.05) is 36.1 Å². The van der Waals surface area contributed by atoms with Crippen LogP contribution in [0.4, 0.5) is 17.8 Å². The highest BCUT2D eigenvalue weighted by atomic mass is 16.4. The van der Waals surface area contributed by atoms with Crippen molar-refractivity contribution in [2.24, 2.45) is 0 Å². The number of carboxylic acid groups (broad SMARTS) is 2. The maximum Gasteiger partial charge on any atom is 0.322 e. The molecule has 10 heteroatoms. The Morgan fingerprint density at radius 2 is 1.33 bits per heavy atom. The van der Waals surface area contributed by atoms with Gasteiger partial charge in [-0.15, -0.1) is 0 Å². The summed E-state index contributed by atoms with van der Waals surface area (Å²) in [5, 5.41) is 24.6. The van der Waals surface area contributed by atoms with Crippen molar-refractivity contribution in [3.63, 3.8) is 0 Å². The first kappa shape index (κ1) is 13.4. The van der Waals surface area contributed by atoms with Crippen LogP contribution in [0.25, 0.3) is 0 Å². The zero-order valence-corrected chi connectivity index (χ0v) is 9.47. The molecule has 0 radical (unpaired) electrons. The number of carbonyl (C=O) groups is 2. The molecule has 0 amide bonds. The monoisotopic (exact) mass is 256 g/mol. The fourth-order valence-electron chi connectivity index (χ4n) is 0.955. The topological polar surface area (TPSA) is 149 Å². The lowest BCUT2D eigenvalue weighted by atomic mass is 10.6. The van der Waals surface area contributed by atoms with E-state index in [1.165, 1.54) is 0 Å². The molecule has 0 aliphatic carbocycles. The maximum absolute atomic E-state index is 10.4. The van der Waals surface area contributed by atoms with Crippen LogP contribution in [0, 0.1) is 0 Å². The third-order valence-corrected chi connectivity index (χ3v) is 1.65. The predicted octanol–water partition coefficient (Wildman–Crippen LogP) is -1.09. The number of nitrogens with zero attached hydrogens (tertiary/aromatic N) is 3. The summed E-state index contributed by atoms with van der Waals surface area (Å²) in [4.78, 5) is 32.3. The van der Waals surface area contributed by atoms with Gasteiger partial charge in [0.05, 0.1) is 0 Å². The molecule has 1 heterocycles. The first-order chi connectivity index (χ1) is 8.51. The fourth-order valence-corrected chi connectivity index (χ4v) is 0.955. The Morgan fingerprint density at radius 1 is 0.944 bits per heavy atom. The Balaban J connectivity index is 2.80. The van der Waals surface area contributed by atoms with E-state index in [4.69, 9.17) is 10.2 Å². The highest BCUT2D eigenvalue weighted by molar-refractivity contribution is 5.72. The molecule has 0 spiro atoms. The van der Waals surface area contributed by atoms with Gasteiger partial charge < -0.3 is 26.2 Å². The third-order valence-electron chi connectivity index (χ3n) is 1.65. The molecule has 0 saturated carbocycles. The molecule has 0 aliphatic heterocycles. The van der Waals surface area contributed by atoms with Gasteiger partial charge in [0.2, 0.25) is 17.8 Å². The molecule has 0 bridgehead atoms. The van der Waals surface area contributed by atoms with E-state index in [1.54, 1.807) is 7.05 Å². The van der Waals surface area contributed by atoms with Crippen LogP contribution in [0.5, 0.6) is 0 Å². The minimum atomic E-state index is -1.07. The van der Waals surface area contributed by atoms with Crippen LogP contribution in [0.15, 0.2) is 0 Å². The zero-order chi connectivity index (χ0) is 13.5. The minimum Gasteiger partial charge on any atom is -0.480 e. The average Bonchev–Trinajstić information content (AvgIpc) is 2.33. The second-order valence-corrected chi connectivity index (χ2v) is 3.05. The molecular formula is C8H12N6O4. The molecule has 0 aromatic carbocycles.